The molecule has 146 valence electrons. The Morgan fingerprint density at radius 3 is 2.59 bits per heavy atom. The van der Waals surface area contributed by atoms with E-state index in [1.807, 2.05) is 6.92 Å². The molecule has 0 radical (unpaired) electrons. The molecule has 1 aliphatic heterocycles. The number of hydrogen-bond acceptors (Lipinski definition) is 6. The van der Waals surface area contributed by atoms with E-state index in [4.69, 9.17) is 0 Å². The lowest BCUT2D eigenvalue weighted by atomic mass is 9.96. The zero-order chi connectivity index (χ0) is 19.3. The van der Waals surface area contributed by atoms with Crippen LogP contribution in [0.15, 0.2) is 40.6 Å². The highest BCUT2D eigenvalue weighted by atomic mass is 32.2. The fourth-order valence-corrected chi connectivity index (χ4v) is 5.04. The summed E-state index contributed by atoms with van der Waals surface area (Å²) in [6.07, 6.45) is 1.58. The van der Waals surface area contributed by atoms with Gasteiger partial charge in [0.1, 0.15) is 0 Å². The van der Waals surface area contributed by atoms with Crippen LogP contribution in [-0.4, -0.2) is 49.6 Å². The van der Waals surface area contributed by atoms with Crippen LogP contribution in [0.1, 0.15) is 23.5 Å². The molecule has 2 heterocycles. The first-order valence-corrected chi connectivity index (χ1v) is 11.7. The first-order valence-electron chi connectivity index (χ1n) is 9.13. The molecular formula is C19H25N3O3S2. The van der Waals surface area contributed by atoms with Crippen LogP contribution in [0, 0.1) is 12.8 Å². The smallest absolute Gasteiger partial charge is 0.223 e. The number of aromatic nitrogens is 1. The van der Waals surface area contributed by atoms with Crippen LogP contribution in [0.3, 0.4) is 0 Å². The number of aryl methyl sites for hydroxylation is 1. The van der Waals surface area contributed by atoms with E-state index in [1.165, 1.54) is 0 Å². The molecule has 0 atom stereocenters. The fourth-order valence-electron chi connectivity index (χ4n) is 3.26. The Kier molecular flexibility index (Phi) is 6.62. The Balaban J connectivity index is 1.41. The minimum absolute atomic E-state index is 0.0394. The Morgan fingerprint density at radius 1 is 1.26 bits per heavy atom. The van der Waals surface area contributed by atoms with Crippen LogP contribution >= 0.6 is 11.3 Å². The fraction of sp³-hybridized carbons (Fsp3) is 0.474. The van der Waals surface area contributed by atoms with Crippen LogP contribution in [0.4, 0.5) is 0 Å². The number of nitrogens with zero attached hydrogens (tertiary/aromatic N) is 2. The molecule has 0 spiro atoms. The summed E-state index contributed by atoms with van der Waals surface area (Å²) >= 11 is 1.66. The molecule has 1 N–H and O–H groups in total. The van der Waals surface area contributed by atoms with Crippen molar-refractivity contribution < 1.29 is 13.2 Å². The summed E-state index contributed by atoms with van der Waals surface area (Å²) in [4.78, 5) is 19.5. The second-order valence-corrected chi connectivity index (χ2v) is 10.0. The number of likely N-dealkylation sites (tertiary alicyclic amines) is 1. The van der Waals surface area contributed by atoms with E-state index >= 15 is 0 Å². The standard InChI is InChI=1S/C19H25N3O3S2/c1-15-21-17(14-26-15)13-22-10-7-16(8-11-22)19(23)20-9-12-27(24,25)18-5-3-2-4-6-18/h2-6,14,16H,7-13H2,1H3,(H,20,23). The summed E-state index contributed by atoms with van der Waals surface area (Å²) in [6.45, 7) is 4.69. The van der Waals surface area contributed by atoms with Gasteiger partial charge in [-0.15, -0.1) is 11.3 Å². The van der Waals surface area contributed by atoms with Gasteiger partial charge in [0.05, 0.1) is 21.3 Å². The first kappa shape index (κ1) is 20.0. The van der Waals surface area contributed by atoms with E-state index in [1.54, 1.807) is 41.7 Å². The van der Waals surface area contributed by atoms with Gasteiger partial charge in [-0.25, -0.2) is 13.4 Å². The number of hydrogen-bond donors (Lipinski definition) is 1. The number of benzene rings is 1. The van der Waals surface area contributed by atoms with Crippen molar-refractivity contribution in [2.45, 2.75) is 31.2 Å². The SMILES string of the molecule is Cc1nc(CN2CCC(C(=O)NCCS(=O)(=O)c3ccccc3)CC2)cs1. The van der Waals surface area contributed by atoms with Gasteiger partial charge in [-0.2, -0.15) is 0 Å². The second kappa shape index (κ2) is 8.95. The third-order valence-electron chi connectivity index (χ3n) is 4.78. The van der Waals surface area contributed by atoms with Crippen molar-refractivity contribution in [1.29, 1.82) is 0 Å². The lowest BCUT2D eigenvalue weighted by Gasteiger charge is -2.30. The number of amides is 1. The van der Waals surface area contributed by atoms with Crippen molar-refractivity contribution in [2.24, 2.45) is 5.92 Å². The van der Waals surface area contributed by atoms with Gasteiger partial charge >= 0.3 is 0 Å². The zero-order valence-electron chi connectivity index (χ0n) is 15.4. The summed E-state index contributed by atoms with van der Waals surface area (Å²) in [5.41, 5.74) is 1.09. The van der Waals surface area contributed by atoms with Gasteiger partial charge < -0.3 is 5.32 Å². The van der Waals surface area contributed by atoms with Gasteiger partial charge in [-0.1, -0.05) is 18.2 Å². The molecule has 3 rings (SSSR count). The molecule has 1 aromatic heterocycles. The summed E-state index contributed by atoms with van der Waals surface area (Å²) in [6, 6.07) is 8.34. The van der Waals surface area contributed by atoms with E-state index in [9.17, 15) is 13.2 Å². The number of carbonyl (C=O) groups excluding carboxylic acids is 1. The third kappa shape index (κ3) is 5.60. The average molecular weight is 408 g/mol. The van der Waals surface area contributed by atoms with Crippen LogP contribution < -0.4 is 5.32 Å². The Morgan fingerprint density at radius 2 is 1.96 bits per heavy atom. The van der Waals surface area contributed by atoms with Gasteiger partial charge in [-0.05, 0) is 45.0 Å². The maximum absolute atomic E-state index is 12.4. The molecular weight excluding hydrogens is 382 g/mol. The summed E-state index contributed by atoms with van der Waals surface area (Å²) in [5, 5.41) is 5.96. The Hall–Kier alpha value is -1.77. The third-order valence-corrected chi connectivity index (χ3v) is 7.34. The number of sulfone groups is 1. The number of rotatable bonds is 7. The molecule has 1 fully saturated rings. The number of carbonyl (C=O) groups is 1. The molecule has 2 aromatic rings. The second-order valence-electron chi connectivity index (χ2n) is 6.83. The lowest BCUT2D eigenvalue weighted by molar-refractivity contribution is -0.126. The molecule has 0 saturated carbocycles. The monoisotopic (exact) mass is 407 g/mol. The molecule has 0 aliphatic carbocycles. The van der Waals surface area contributed by atoms with Crippen LogP contribution in [0.2, 0.25) is 0 Å². The van der Waals surface area contributed by atoms with Crippen molar-refractivity contribution in [3.05, 3.63) is 46.4 Å². The predicted octanol–water partition coefficient (Wildman–Crippen LogP) is 2.25. The number of thiazole rings is 1. The van der Waals surface area contributed by atoms with Crippen molar-refractivity contribution in [2.75, 3.05) is 25.4 Å². The van der Waals surface area contributed by atoms with Crippen LogP contribution in [0.5, 0.6) is 0 Å². The predicted molar refractivity (Wildman–Crippen MR) is 106 cm³/mol. The Bertz CT molecular complexity index is 857. The minimum Gasteiger partial charge on any atom is -0.355 e. The van der Waals surface area contributed by atoms with Gasteiger partial charge in [0, 0.05) is 24.4 Å². The topological polar surface area (TPSA) is 79.4 Å². The highest BCUT2D eigenvalue weighted by Crippen LogP contribution is 2.20. The number of nitrogens with one attached hydrogen (secondary N) is 1. The summed E-state index contributed by atoms with van der Waals surface area (Å²) < 4.78 is 24.5. The molecule has 1 saturated heterocycles. The van der Waals surface area contributed by atoms with Crippen molar-refractivity contribution in [1.82, 2.24) is 15.2 Å². The molecule has 8 heteroatoms. The molecule has 0 unspecified atom stereocenters. The summed E-state index contributed by atoms with van der Waals surface area (Å²) in [7, 11) is -3.36. The highest BCUT2D eigenvalue weighted by molar-refractivity contribution is 7.91. The molecule has 1 amide bonds. The normalized spacial score (nSPS) is 16.3. The van der Waals surface area contributed by atoms with Crippen LogP contribution in [0.25, 0.3) is 0 Å². The maximum atomic E-state index is 12.4. The van der Waals surface area contributed by atoms with E-state index in [0.29, 0.717) is 4.90 Å². The van der Waals surface area contributed by atoms with Crippen molar-refractivity contribution in [3.8, 4) is 0 Å². The van der Waals surface area contributed by atoms with E-state index in [2.05, 4.69) is 20.6 Å². The van der Waals surface area contributed by atoms with Gasteiger partial charge in [0.15, 0.2) is 9.84 Å². The molecule has 27 heavy (non-hydrogen) atoms. The minimum atomic E-state index is -3.36. The number of piperidine rings is 1. The molecule has 1 aliphatic rings. The van der Waals surface area contributed by atoms with Gasteiger partial charge in [0.25, 0.3) is 0 Å². The first-order chi connectivity index (χ1) is 12.9. The zero-order valence-corrected chi connectivity index (χ0v) is 17.1. The summed E-state index contributed by atoms with van der Waals surface area (Å²) in [5.74, 6) is -0.162. The Labute approximate surface area is 164 Å². The van der Waals surface area contributed by atoms with Gasteiger partial charge in [-0.3, -0.25) is 9.69 Å². The molecule has 0 bridgehead atoms. The molecule has 1 aromatic carbocycles. The van der Waals surface area contributed by atoms with E-state index < -0.39 is 9.84 Å². The average Bonchev–Trinajstić information content (AvgIpc) is 3.07. The van der Waals surface area contributed by atoms with Gasteiger partial charge in [0.2, 0.25) is 5.91 Å². The largest absolute Gasteiger partial charge is 0.355 e. The van der Waals surface area contributed by atoms with Crippen molar-refractivity contribution in [3.63, 3.8) is 0 Å². The highest BCUT2D eigenvalue weighted by Gasteiger charge is 2.25. The quantitative estimate of drug-likeness (QED) is 0.762. The molecule has 6 nitrogen and oxygen atoms in total. The van der Waals surface area contributed by atoms with E-state index in [0.717, 1.165) is 43.2 Å². The van der Waals surface area contributed by atoms with E-state index in [-0.39, 0.29) is 24.1 Å². The lowest BCUT2D eigenvalue weighted by Crippen LogP contribution is -2.41. The van der Waals surface area contributed by atoms with Crippen molar-refractivity contribution >= 4 is 27.1 Å². The van der Waals surface area contributed by atoms with Crippen LogP contribution in [-0.2, 0) is 21.2 Å². The maximum Gasteiger partial charge on any atom is 0.223 e.